The second-order valence-electron chi connectivity index (χ2n) is 10.5. The van der Waals surface area contributed by atoms with E-state index in [-0.39, 0.29) is 0 Å². The van der Waals surface area contributed by atoms with Crippen molar-refractivity contribution in [3.8, 4) is 38.8 Å². The van der Waals surface area contributed by atoms with Crippen LogP contribution in [-0.4, -0.2) is 9.55 Å². The van der Waals surface area contributed by atoms with E-state index in [0.29, 0.717) is 0 Å². The highest BCUT2D eigenvalue weighted by molar-refractivity contribution is 7.21. The number of hydrogen-bond acceptors (Lipinski definition) is 2. The number of fused-ring (bicyclic) bond motifs is 2. The van der Waals surface area contributed by atoms with Gasteiger partial charge in [0.1, 0.15) is 10.7 Å². The molecule has 40 heavy (non-hydrogen) atoms. The van der Waals surface area contributed by atoms with Gasteiger partial charge in [0.2, 0.25) is 0 Å². The van der Waals surface area contributed by atoms with Crippen LogP contribution < -0.4 is 4.57 Å². The Bertz CT molecular complexity index is 2030. The van der Waals surface area contributed by atoms with Crippen LogP contribution in [0.4, 0.5) is 0 Å². The van der Waals surface area contributed by atoms with Gasteiger partial charge < -0.3 is 0 Å². The fourth-order valence-corrected chi connectivity index (χ4v) is 7.19. The van der Waals surface area contributed by atoms with E-state index < -0.39 is 0 Å². The van der Waals surface area contributed by atoms with Crippen molar-refractivity contribution >= 4 is 32.6 Å². The predicted octanol–water partition coefficient (Wildman–Crippen LogP) is 8.99. The first-order chi connectivity index (χ1) is 19.5. The Hall–Kier alpha value is -4.54. The maximum atomic E-state index is 5.18. The molecule has 0 atom stereocenters. The van der Waals surface area contributed by atoms with Gasteiger partial charge in [-0.3, -0.25) is 0 Å². The zero-order chi connectivity index (χ0) is 27.4. The number of benzene rings is 5. The van der Waals surface area contributed by atoms with Gasteiger partial charge in [-0.1, -0.05) is 78.9 Å². The molecule has 194 valence electrons. The van der Waals surface area contributed by atoms with Gasteiger partial charge in [0.15, 0.2) is 11.0 Å². The van der Waals surface area contributed by atoms with E-state index in [9.17, 15) is 0 Å². The molecule has 0 aliphatic rings. The van der Waals surface area contributed by atoms with Gasteiger partial charge in [0, 0.05) is 11.1 Å². The van der Waals surface area contributed by atoms with Gasteiger partial charge in [-0.2, -0.15) is 4.57 Å². The highest BCUT2D eigenvalue weighted by Crippen LogP contribution is 2.39. The van der Waals surface area contributed by atoms with Crippen molar-refractivity contribution in [2.45, 2.75) is 20.8 Å². The van der Waals surface area contributed by atoms with Crippen molar-refractivity contribution in [1.29, 1.82) is 0 Å². The summed E-state index contributed by atoms with van der Waals surface area (Å²) in [6.07, 6.45) is 0. The van der Waals surface area contributed by atoms with Gasteiger partial charge >= 0.3 is 0 Å². The normalized spacial score (nSPS) is 11.5. The van der Waals surface area contributed by atoms with E-state index >= 15 is 0 Å². The SMILES string of the molecule is Cc1cc2sc(-c3c(C)cccc3C)nc2cc1-c1n(-c2ccccc2-c2ccccc2)c2ccccc2[n+]1C. The molecular formula is C36H30N3S+. The molecule has 4 heteroatoms. The molecule has 0 bridgehead atoms. The Balaban J connectivity index is 1.51. The van der Waals surface area contributed by atoms with Crippen LogP contribution in [-0.2, 0) is 7.05 Å². The van der Waals surface area contributed by atoms with E-state index in [1.165, 1.54) is 54.7 Å². The first-order valence-corrected chi connectivity index (χ1v) is 14.5. The first-order valence-electron chi connectivity index (χ1n) is 13.6. The van der Waals surface area contributed by atoms with Crippen LogP contribution in [0.25, 0.3) is 60.0 Å². The van der Waals surface area contributed by atoms with Crippen molar-refractivity contribution in [2.75, 3.05) is 0 Å². The summed E-state index contributed by atoms with van der Waals surface area (Å²) in [4.78, 5) is 5.18. The summed E-state index contributed by atoms with van der Waals surface area (Å²) in [6.45, 7) is 6.57. The fraction of sp³-hybridized carbons (Fsp3) is 0.111. The molecule has 3 nitrogen and oxygen atoms in total. The standard InChI is InChI=1S/C36H30N3S/c1-23-13-12-14-24(2)34(23)35-37-29-22-28(25(3)21-33(29)40-35)36-38(4)31-19-10-11-20-32(31)39(36)30-18-9-8-17-27(30)26-15-6-5-7-16-26/h5-22H,1-4H3/q+1. The van der Waals surface area contributed by atoms with Gasteiger partial charge in [-0.05, 0) is 73.4 Å². The zero-order valence-corrected chi connectivity index (χ0v) is 24.0. The molecule has 7 aromatic rings. The Morgan fingerprint density at radius 2 is 1.38 bits per heavy atom. The highest BCUT2D eigenvalue weighted by atomic mass is 32.1. The minimum Gasteiger partial charge on any atom is -0.236 e. The second kappa shape index (κ2) is 9.58. The molecule has 5 aromatic carbocycles. The topological polar surface area (TPSA) is 21.7 Å². The van der Waals surface area contributed by atoms with Crippen LogP contribution in [0, 0.1) is 20.8 Å². The molecule has 2 heterocycles. The van der Waals surface area contributed by atoms with Crippen molar-refractivity contribution < 1.29 is 4.57 Å². The quantitative estimate of drug-likeness (QED) is 0.206. The lowest BCUT2D eigenvalue weighted by atomic mass is 10.0. The summed E-state index contributed by atoms with van der Waals surface area (Å²) in [6, 6.07) is 39.1. The highest BCUT2D eigenvalue weighted by Gasteiger charge is 2.29. The minimum absolute atomic E-state index is 1.04. The number of para-hydroxylation sites is 3. The van der Waals surface area contributed by atoms with Crippen LogP contribution in [0.3, 0.4) is 0 Å². The van der Waals surface area contributed by atoms with Gasteiger partial charge in [0.05, 0.1) is 22.8 Å². The summed E-state index contributed by atoms with van der Waals surface area (Å²) >= 11 is 1.78. The molecule has 0 radical (unpaired) electrons. The van der Waals surface area contributed by atoms with Crippen LogP contribution in [0.1, 0.15) is 16.7 Å². The van der Waals surface area contributed by atoms with Crippen molar-refractivity contribution in [3.05, 3.63) is 126 Å². The molecule has 0 unspecified atom stereocenters. The summed E-state index contributed by atoms with van der Waals surface area (Å²) in [5, 5.41) is 1.08. The molecule has 0 N–H and O–H groups in total. The van der Waals surface area contributed by atoms with Gasteiger partial charge in [-0.25, -0.2) is 9.55 Å². The van der Waals surface area contributed by atoms with Gasteiger partial charge in [-0.15, -0.1) is 11.3 Å². The molecule has 0 fully saturated rings. The third-order valence-corrected chi connectivity index (χ3v) is 8.95. The van der Waals surface area contributed by atoms with Crippen LogP contribution in [0.15, 0.2) is 109 Å². The van der Waals surface area contributed by atoms with Crippen molar-refractivity contribution in [3.63, 3.8) is 0 Å². The number of aromatic nitrogens is 3. The minimum atomic E-state index is 1.04. The monoisotopic (exact) mass is 536 g/mol. The lowest BCUT2D eigenvalue weighted by molar-refractivity contribution is -0.633. The fourth-order valence-electron chi connectivity index (χ4n) is 5.97. The molecule has 0 amide bonds. The van der Waals surface area contributed by atoms with E-state index in [4.69, 9.17) is 4.98 Å². The summed E-state index contributed by atoms with van der Waals surface area (Å²) in [5.41, 5.74) is 13.2. The molecule has 7 rings (SSSR count). The predicted molar refractivity (Wildman–Crippen MR) is 168 cm³/mol. The lowest BCUT2D eigenvalue weighted by Gasteiger charge is -2.11. The number of rotatable bonds is 4. The Morgan fingerprint density at radius 3 is 2.17 bits per heavy atom. The summed E-state index contributed by atoms with van der Waals surface area (Å²) < 4.78 is 5.96. The Morgan fingerprint density at radius 1 is 0.675 bits per heavy atom. The third kappa shape index (κ3) is 3.87. The molecule has 0 saturated heterocycles. The summed E-state index contributed by atoms with van der Waals surface area (Å²) in [7, 11) is 2.17. The average molecular weight is 537 g/mol. The maximum absolute atomic E-state index is 5.18. The lowest BCUT2D eigenvalue weighted by Crippen LogP contribution is -2.30. The molecule has 0 spiro atoms. The van der Waals surface area contributed by atoms with Crippen LogP contribution >= 0.6 is 11.3 Å². The van der Waals surface area contributed by atoms with E-state index in [1.807, 2.05) is 0 Å². The first kappa shape index (κ1) is 24.5. The third-order valence-electron chi connectivity index (χ3n) is 7.91. The van der Waals surface area contributed by atoms with Crippen LogP contribution in [0.2, 0.25) is 0 Å². The van der Waals surface area contributed by atoms with E-state index in [2.05, 4.69) is 146 Å². The maximum Gasteiger partial charge on any atom is 0.295 e. The molecular weight excluding hydrogens is 506 g/mol. The van der Waals surface area contributed by atoms with Crippen molar-refractivity contribution in [2.24, 2.45) is 7.05 Å². The number of hydrogen-bond donors (Lipinski definition) is 0. The number of thiazole rings is 1. The number of aryl methyl sites for hydroxylation is 4. The Kier molecular flexibility index (Phi) is 5.87. The number of nitrogens with zero attached hydrogens (tertiary/aromatic N) is 3. The largest absolute Gasteiger partial charge is 0.295 e. The Labute approximate surface area is 238 Å². The average Bonchev–Trinajstić information content (AvgIpc) is 3.50. The molecule has 2 aromatic heterocycles. The van der Waals surface area contributed by atoms with Crippen molar-refractivity contribution in [1.82, 2.24) is 9.55 Å². The molecule has 0 aliphatic carbocycles. The zero-order valence-electron chi connectivity index (χ0n) is 23.1. The molecule has 0 saturated carbocycles. The van der Waals surface area contributed by atoms with Gasteiger partial charge in [0.25, 0.3) is 5.82 Å². The smallest absolute Gasteiger partial charge is 0.236 e. The number of imidazole rings is 1. The van der Waals surface area contributed by atoms with E-state index in [1.54, 1.807) is 11.3 Å². The van der Waals surface area contributed by atoms with Crippen LogP contribution in [0.5, 0.6) is 0 Å². The molecule has 0 aliphatic heterocycles. The second-order valence-corrected chi connectivity index (χ2v) is 11.5. The van der Waals surface area contributed by atoms with E-state index in [0.717, 1.165) is 22.0 Å². The summed E-state index contributed by atoms with van der Waals surface area (Å²) in [5.74, 6) is 1.14.